The zero-order chi connectivity index (χ0) is 10.6. The normalized spacial score (nSPS) is 14.1. The lowest BCUT2D eigenvalue weighted by molar-refractivity contribution is 0.757. The number of hydrogen-bond acceptors (Lipinski definition) is 3. The molecule has 76 valence electrons. The van der Waals surface area contributed by atoms with Crippen molar-refractivity contribution in [2.45, 2.75) is 26.3 Å². The van der Waals surface area contributed by atoms with E-state index in [9.17, 15) is 4.79 Å². The second kappa shape index (κ2) is 4.72. The number of nitrogens with zero attached hydrogens (tertiary/aromatic N) is 1. The third kappa shape index (κ3) is 3.14. The fourth-order valence-electron chi connectivity index (χ4n) is 1.04. The lowest BCUT2D eigenvalue weighted by atomic mass is 10.1. The Kier molecular flexibility index (Phi) is 3.59. The molecule has 0 aliphatic carbocycles. The van der Waals surface area contributed by atoms with Crippen molar-refractivity contribution in [1.82, 2.24) is 9.97 Å². The van der Waals surface area contributed by atoms with E-state index in [1.54, 1.807) is 12.4 Å². The Bertz CT molecular complexity index is 359. The zero-order valence-electron chi connectivity index (χ0n) is 8.45. The van der Waals surface area contributed by atoms with E-state index in [-0.39, 0.29) is 11.7 Å². The van der Waals surface area contributed by atoms with Gasteiger partial charge in [-0.05, 0) is 25.8 Å². The molecule has 4 nitrogen and oxygen atoms in total. The number of hydrogen-bond donors (Lipinski definition) is 2. The second-order valence-corrected chi connectivity index (χ2v) is 3.41. The van der Waals surface area contributed by atoms with Crippen LogP contribution in [-0.4, -0.2) is 16.0 Å². The Balaban J connectivity index is 2.78. The summed E-state index contributed by atoms with van der Waals surface area (Å²) in [5.74, 6) is 0. The van der Waals surface area contributed by atoms with Crippen LogP contribution in [-0.2, 0) is 0 Å². The van der Waals surface area contributed by atoms with E-state index in [1.165, 1.54) is 0 Å². The summed E-state index contributed by atoms with van der Waals surface area (Å²) in [5.41, 5.74) is 7.30. The van der Waals surface area contributed by atoms with E-state index in [0.717, 1.165) is 17.6 Å². The van der Waals surface area contributed by atoms with Crippen molar-refractivity contribution in [2.24, 2.45) is 5.73 Å². The summed E-state index contributed by atoms with van der Waals surface area (Å²) in [6.45, 7) is 3.92. The van der Waals surface area contributed by atoms with E-state index in [1.807, 2.05) is 19.9 Å². The third-order valence-corrected chi connectivity index (χ3v) is 1.92. The minimum atomic E-state index is -0.325. The molecule has 0 aliphatic heterocycles. The van der Waals surface area contributed by atoms with E-state index in [4.69, 9.17) is 5.73 Å². The molecular weight excluding hydrogens is 178 g/mol. The summed E-state index contributed by atoms with van der Waals surface area (Å²) in [7, 11) is 0. The second-order valence-electron chi connectivity index (χ2n) is 3.41. The molecule has 0 fully saturated rings. The molecule has 0 aliphatic rings. The smallest absolute Gasteiger partial charge is 0.328 e. The topological polar surface area (TPSA) is 71.8 Å². The first-order valence-corrected chi connectivity index (χ1v) is 4.57. The van der Waals surface area contributed by atoms with Gasteiger partial charge in [-0.2, -0.15) is 0 Å². The Morgan fingerprint density at radius 3 is 3.00 bits per heavy atom. The predicted octanol–water partition coefficient (Wildman–Crippen LogP) is 0.911. The fraction of sp³-hybridized carbons (Fsp3) is 0.400. The number of H-pyrrole nitrogens is 1. The van der Waals surface area contributed by atoms with Crippen LogP contribution in [0.2, 0.25) is 0 Å². The standard InChI is InChI=1S/C10H15N3O/c1-7(3-4-8(2)11)9-5-12-10(14)13-6-9/h3,5-6,8H,4,11H2,1-2H3,(H,12,13,14). The largest absolute Gasteiger partial charge is 0.344 e. The molecule has 0 spiro atoms. The van der Waals surface area contributed by atoms with Crippen LogP contribution in [0.3, 0.4) is 0 Å². The molecule has 0 radical (unpaired) electrons. The van der Waals surface area contributed by atoms with Gasteiger partial charge in [0.25, 0.3) is 0 Å². The minimum Gasteiger partial charge on any atom is -0.328 e. The molecule has 0 bridgehead atoms. The van der Waals surface area contributed by atoms with Crippen LogP contribution in [0.1, 0.15) is 25.8 Å². The Morgan fingerprint density at radius 2 is 2.50 bits per heavy atom. The van der Waals surface area contributed by atoms with Gasteiger partial charge in [-0.3, -0.25) is 0 Å². The van der Waals surface area contributed by atoms with E-state index in [0.29, 0.717) is 0 Å². The molecule has 1 aromatic rings. The summed E-state index contributed by atoms with van der Waals surface area (Å²) >= 11 is 0. The van der Waals surface area contributed by atoms with E-state index < -0.39 is 0 Å². The Labute approximate surface area is 82.9 Å². The highest BCUT2D eigenvalue weighted by atomic mass is 16.1. The van der Waals surface area contributed by atoms with Gasteiger partial charge >= 0.3 is 5.69 Å². The molecule has 0 saturated heterocycles. The van der Waals surface area contributed by atoms with Gasteiger partial charge in [0.2, 0.25) is 0 Å². The molecule has 14 heavy (non-hydrogen) atoms. The van der Waals surface area contributed by atoms with Crippen molar-refractivity contribution in [3.63, 3.8) is 0 Å². The summed E-state index contributed by atoms with van der Waals surface area (Å²) in [6.07, 6.45) is 6.08. The maximum Gasteiger partial charge on any atom is 0.344 e. The zero-order valence-corrected chi connectivity index (χ0v) is 8.45. The molecule has 0 amide bonds. The van der Waals surface area contributed by atoms with Gasteiger partial charge in [-0.25, -0.2) is 9.78 Å². The van der Waals surface area contributed by atoms with Gasteiger partial charge < -0.3 is 10.7 Å². The fourth-order valence-corrected chi connectivity index (χ4v) is 1.04. The molecule has 1 atom stereocenters. The van der Waals surface area contributed by atoms with Crippen molar-refractivity contribution >= 4 is 5.57 Å². The van der Waals surface area contributed by atoms with Crippen molar-refractivity contribution in [2.75, 3.05) is 0 Å². The van der Waals surface area contributed by atoms with Crippen molar-refractivity contribution in [1.29, 1.82) is 0 Å². The van der Waals surface area contributed by atoms with E-state index in [2.05, 4.69) is 9.97 Å². The average molecular weight is 193 g/mol. The van der Waals surface area contributed by atoms with Crippen molar-refractivity contribution in [3.8, 4) is 0 Å². The van der Waals surface area contributed by atoms with Crippen LogP contribution < -0.4 is 11.4 Å². The summed E-state index contributed by atoms with van der Waals surface area (Å²) in [6, 6.07) is 0.153. The highest BCUT2D eigenvalue weighted by Crippen LogP contribution is 2.10. The van der Waals surface area contributed by atoms with Crippen LogP contribution in [0.25, 0.3) is 5.57 Å². The predicted molar refractivity (Wildman–Crippen MR) is 56.8 cm³/mol. The number of rotatable bonds is 3. The quantitative estimate of drug-likeness (QED) is 0.749. The number of allylic oxidation sites excluding steroid dienone is 1. The molecule has 1 unspecified atom stereocenters. The number of aromatic amines is 1. The van der Waals surface area contributed by atoms with Gasteiger partial charge in [-0.15, -0.1) is 0 Å². The maximum absolute atomic E-state index is 10.7. The van der Waals surface area contributed by atoms with Crippen molar-refractivity contribution in [3.05, 3.63) is 34.5 Å². The van der Waals surface area contributed by atoms with Crippen LogP contribution in [0.4, 0.5) is 0 Å². The molecule has 0 aromatic carbocycles. The van der Waals surface area contributed by atoms with Gasteiger partial charge in [0, 0.05) is 24.0 Å². The molecular formula is C10H15N3O. The lowest BCUT2D eigenvalue weighted by Gasteiger charge is -2.02. The van der Waals surface area contributed by atoms with Gasteiger partial charge in [0.05, 0.1) is 0 Å². The average Bonchev–Trinajstić information content (AvgIpc) is 2.15. The van der Waals surface area contributed by atoms with Crippen LogP contribution >= 0.6 is 0 Å². The first-order valence-electron chi connectivity index (χ1n) is 4.57. The van der Waals surface area contributed by atoms with Crippen molar-refractivity contribution < 1.29 is 0 Å². The minimum absolute atomic E-state index is 0.153. The van der Waals surface area contributed by atoms with Crippen LogP contribution in [0.15, 0.2) is 23.3 Å². The SMILES string of the molecule is CC(=CCC(C)N)c1cnc(=O)[nH]c1. The van der Waals surface area contributed by atoms with E-state index >= 15 is 0 Å². The molecule has 1 rings (SSSR count). The van der Waals surface area contributed by atoms with Gasteiger partial charge in [0.15, 0.2) is 0 Å². The number of nitrogens with two attached hydrogens (primary N) is 1. The number of aromatic nitrogens is 2. The lowest BCUT2D eigenvalue weighted by Crippen LogP contribution is -2.13. The van der Waals surface area contributed by atoms with Crippen LogP contribution in [0, 0.1) is 0 Å². The highest BCUT2D eigenvalue weighted by molar-refractivity contribution is 5.61. The number of nitrogens with one attached hydrogen (secondary N) is 1. The van der Waals surface area contributed by atoms with Gasteiger partial charge in [0.1, 0.15) is 0 Å². The molecule has 0 saturated carbocycles. The van der Waals surface area contributed by atoms with Gasteiger partial charge in [-0.1, -0.05) is 6.08 Å². The first-order chi connectivity index (χ1) is 6.59. The first kappa shape index (κ1) is 10.7. The highest BCUT2D eigenvalue weighted by Gasteiger charge is 1.96. The molecule has 4 heteroatoms. The molecule has 3 N–H and O–H groups in total. The van der Waals surface area contributed by atoms with Crippen LogP contribution in [0.5, 0.6) is 0 Å². The Hall–Kier alpha value is -1.42. The maximum atomic E-state index is 10.7. The summed E-state index contributed by atoms with van der Waals surface area (Å²) in [5, 5.41) is 0. The summed E-state index contributed by atoms with van der Waals surface area (Å²) in [4.78, 5) is 16.9. The summed E-state index contributed by atoms with van der Waals surface area (Å²) < 4.78 is 0. The molecule has 1 aromatic heterocycles. The monoisotopic (exact) mass is 193 g/mol. The third-order valence-electron chi connectivity index (χ3n) is 1.92. The Morgan fingerprint density at radius 1 is 1.79 bits per heavy atom. The molecule has 1 heterocycles.